The van der Waals surface area contributed by atoms with Crippen molar-refractivity contribution in [2.24, 2.45) is 0 Å². The van der Waals surface area contributed by atoms with E-state index < -0.39 is 5.97 Å². The Balaban J connectivity index is 2.22. The lowest BCUT2D eigenvalue weighted by Crippen LogP contribution is -2.05. The van der Waals surface area contributed by atoms with Gasteiger partial charge < -0.3 is 5.11 Å². The maximum absolute atomic E-state index is 11.0. The van der Waals surface area contributed by atoms with Crippen LogP contribution in [0.25, 0.3) is 16.6 Å². The minimum absolute atomic E-state index is 0.0254. The molecule has 3 aromatic rings. The van der Waals surface area contributed by atoms with Crippen LogP contribution in [0, 0.1) is 13.8 Å². The van der Waals surface area contributed by atoms with E-state index in [1.807, 2.05) is 44.2 Å². The number of nitrogens with zero attached hydrogens (tertiary/aromatic N) is 3. The fourth-order valence-corrected chi connectivity index (χ4v) is 2.56. The molecule has 0 amide bonds. The normalized spacial score (nSPS) is 11.0. The average Bonchev–Trinajstić information content (AvgIpc) is 2.74. The van der Waals surface area contributed by atoms with Gasteiger partial charge in [0.2, 0.25) is 0 Å². The van der Waals surface area contributed by atoms with Gasteiger partial charge in [0.1, 0.15) is 0 Å². The van der Waals surface area contributed by atoms with Crippen molar-refractivity contribution in [3.63, 3.8) is 0 Å². The predicted octanol–water partition coefficient (Wildman–Crippen LogP) is 2.66. The van der Waals surface area contributed by atoms with E-state index in [4.69, 9.17) is 5.11 Å². The highest BCUT2D eigenvalue weighted by Gasteiger charge is 2.17. The van der Waals surface area contributed by atoms with Crippen molar-refractivity contribution in [3.8, 4) is 5.82 Å². The van der Waals surface area contributed by atoms with Gasteiger partial charge in [0.25, 0.3) is 0 Å². The summed E-state index contributed by atoms with van der Waals surface area (Å²) in [7, 11) is 0. The Bertz CT molecular complexity index is 831. The number of rotatable bonds is 3. The number of pyridine rings is 1. The lowest BCUT2D eigenvalue weighted by atomic mass is 10.1. The monoisotopic (exact) mass is 281 g/mol. The number of carboxylic acid groups (broad SMARTS) is 1. The highest BCUT2D eigenvalue weighted by Crippen LogP contribution is 2.23. The molecule has 2 aromatic heterocycles. The Hall–Kier alpha value is -2.69. The molecule has 0 atom stereocenters. The molecule has 0 spiro atoms. The lowest BCUT2D eigenvalue weighted by Gasteiger charge is -2.07. The number of aromatic nitrogens is 3. The molecule has 0 aliphatic heterocycles. The molecule has 0 radical (unpaired) electrons. The summed E-state index contributed by atoms with van der Waals surface area (Å²) in [5.74, 6) is -0.128. The van der Waals surface area contributed by atoms with Crippen molar-refractivity contribution < 1.29 is 9.90 Å². The molecule has 0 unspecified atom stereocenters. The zero-order valence-corrected chi connectivity index (χ0v) is 11.9. The van der Waals surface area contributed by atoms with Gasteiger partial charge in [-0.1, -0.05) is 24.3 Å². The summed E-state index contributed by atoms with van der Waals surface area (Å²) in [6.07, 6.45) is 1.72. The topological polar surface area (TPSA) is 68.0 Å². The SMILES string of the molecule is Cc1nn(-c2nccc3ccccc23)c(C)c1CC(=O)O. The van der Waals surface area contributed by atoms with Gasteiger partial charge >= 0.3 is 5.97 Å². The molecule has 0 aliphatic rings. The third-order valence-electron chi connectivity index (χ3n) is 3.62. The van der Waals surface area contributed by atoms with Crippen LogP contribution in [0.2, 0.25) is 0 Å². The fraction of sp³-hybridized carbons (Fsp3) is 0.188. The average molecular weight is 281 g/mol. The van der Waals surface area contributed by atoms with Crippen LogP contribution in [-0.2, 0) is 11.2 Å². The zero-order chi connectivity index (χ0) is 15.0. The van der Waals surface area contributed by atoms with Crippen molar-refractivity contribution in [2.45, 2.75) is 20.3 Å². The predicted molar refractivity (Wildman–Crippen MR) is 79.7 cm³/mol. The Morgan fingerprint density at radius 3 is 2.76 bits per heavy atom. The molecule has 2 heterocycles. The van der Waals surface area contributed by atoms with Crippen LogP contribution >= 0.6 is 0 Å². The van der Waals surface area contributed by atoms with Crippen molar-refractivity contribution >= 4 is 16.7 Å². The summed E-state index contributed by atoms with van der Waals surface area (Å²) < 4.78 is 1.73. The molecule has 0 fully saturated rings. The van der Waals surface area contributed by atoms with E-state index in [9.17, 15) is 4.79 Å². The lowest BCUT2D eigenvalue weighted by molar-refractivity contribution is -0.136. The quantitative estimate of drug-likeness (QED) is 0.801. The maximum Gasteiger partial charge on any atom is 0.307 e. The Morgan fingerprint density at radius 2 is 2.00 bits per heavy atom. The third-order valence-corrected chi connectivity index (χ3v) is 3.62. The summed E-state index contributed by atoms with van der Waals surface area (Å²) in [5.41, 5.74) is 2.29. The highest BCUT2D eigenvalue weighted by molar-refractivity contribution is 5.88. The van der Waals surface area contributed by atoms with Crippen molar-refractivity contribution in [2.75, 3.05) is 0 Å². The molecule has 0 bridgehead atoms. The first kappa shape index (κ1) is 13.3. The number of hydrogen-bond acceptors (Lipinski definition) is 3. The van der Waals surface area contributed by atoms with Crippen LogP contribution in [0.4, 0.5) is 0 Å². The first-order valence-electron chi connectivity index (χ1n) is 6.69. The molecular weight excluding hydrogens is 266 g/mol. The fourth-order valence-electron chi connectivity index (χ4n) is 2.56. The van der Waals surface area contributed by atoms with E-state index in [1.165, 1.54) is 0 Å². The first-order chi connectivity index (χ1) is 10.1. The molecule has 0 saturated heterocycles. The van der Waals surface area contributed by atoms with E-state index in [1.54, 1.807) is 10.9 Å². The first-order valence-corrected chi connectivity index (χ1v) is 6.69. The summed E-state index contributed by atoms with van der Waals surface area (Å²) in [4.78, 5) is 15.4. The van der Waals surface area contributed by atoms with Crippen LogP contribution in [0.15, 0.2) is 36.5 Å². The summed E-state index contributed by atoms with van der Waals surface area (Å²) in [6.45, 7) is 3.70. The van der Waals surface area contributed by atoms with Gasteiger partial charge in [-0.05, 0) is 25.3 Å². The standard InChI is InChI=1S/C16H15N3O2/c1-10-14(9-15(20)21)11(2)19(18-10)16-13-6-4-3-5-12(13)7-8-17-16/h3-8H,9H2,1-2H3,(H,20,21). The molecular formula is C16H15N3O2. The molecule has 0 saturated carbocycles. The molecule has 106 valence electrons. The van der Waals surface area contributed by atoms with Crippen molar-refractivity contribution in [1.82, 2.24) is 14.8 Å². The molecule has 1 N–H and O–H groups in total. The largest absolute Gasteiger partial charge is 0.481 e. The molecule has 21 heavy (non-hydrogen) atoms. The zero-order valence-electron chi connectivity index (χ0n) is 11.9. The van der Waals surface area contributed by atoms with Gasteiger partial charge in [0.05, 0.1) is 12.1 Å². The number of aliphatic carboxylic acids is 1. The smallest absolute Gasteiger partial charge is 0.307 e. The van der Waals surface area contributed by atoms with E-state index in [-0.39, 0.29) is 6.42 Å². The second kappa shape index (κ2) is 5.01. The van der Waals surface area contributed by atoms with E-state index in [2.05, 4.69) is 10.1 Å². The summed E-state index contributed by atoms with van der Waals surface area (Å²) in [6, 6.07) is 9.89. The van der Waals surface area contributed by atoms with Crippen molar-refractivity contribution in [3.05, 3.63) is 53.5 Å². The molecule has 5 heteroatoms. The second-order valence-corrected chi connectivity index (χ2v) is 4.99. The van der Waals surface area contributed by atoms with E-state index in [0.717, 1.165) is 33.5 Å². The van der Waals surface area contributed by atoms with E-state index in [0.29, 0.717) is 0 Å². The molecule has 5 nitrogen and oxygen atoms in total. The number of carboxylic acids is 1. The van der Waals surface area contributed by atoms with Crippen LogP contribution in [-0.4, -0.2) is 25.8 Å². The van der Waals surface area contributed by atoms with Crippen molar-refractivity contribution in [1.29, 1.82) is 0 Å². The van der Waals surface area contributed by atoms with Gasteiger partial charge in [0.15, 0.2) is 5.82 Å². The molecule has 1 aromatic carbocycles. The van der Waals surface area contributed by atoms with E-state index >= 15 is 0 Å². The molecule has 3 rings (SSSR count). The van der Waals surface area contributed by atoms with Gasteiger partial charge in [-0.3, -0.25) is 4.79 Å². The number of benzene rings is 1. The van der Waals surface area contributed by atoms with Gasteiger partial charge in [-0.15, -0.1) is 0 Å². The minimum Gasteiger partial charge on any atom is -0.481 e. The van der Waals surface area contributed by atoms with Crippen LogP contribution in [0.1, 0.15) is 17.0 Å². The molecule has 0 aliphatic carbocycles. The maximum atomic E-state index is 11.0. The number of hydrogen-bond donors (Lipinski definition) is 1. The Morgan fingerprint density at radius 1 is 1.24 bits per heavy atom. The van der Waals surface area contributed by atoms with Gasteiger partial charge in [-0.2, -0.15) is 5.10 Å². The van der Waals surface area contributed by atoms with Gasteiger partial charge in [0, 0.05) is 22.8 Å². The summed E-state index contributed by atoms with van der Waals surface area (Å²) in [5, 5.41) is 15.6. The van der Waals surface area contributed by atoms with Crippen LogP contribution < -0.4 is 0 Å². The van der Waals surface area contributed by atoms with Crippen LogP contribution in [0.5, 0.6) is 0 Å². The Labute approximate surface area is 121 Å². The highest BCUT2D eigenvalue weighted by atomic mass is 16.4. The van der Waals surface area contributed by atoms with Gasteiger partial charge in [-0.25, -0.2) is 9.67 Å². The third kappa shape index (κ3) is 2.27. The van der Waals surface area contributed by atoms with Crippen LogP contribution in [0.3, 0.4) is 0 Å². The Kier molecular flexibility index (Phi) is 3.17. The number of fused-ring (bicyclic) bond motifs is 1. The minimum atomic E-state index is -0.855. The number of aryl methyl sites for hydroxylation is 1. The summed E-state index contributed by atoms with van der Waals surface area (Å²) >= 11 is 0. The number of carbonyl (C=O) groups is 1. The second-order valence-electron chi connectivity index (χ2n) is 4.99.